The fourth-order valence-electron chi connectivity index (χ4n) is 3.26. The van der Waals surface area contributed by atoms with Crippen LogP contribution < -0.4 is 5.73 Å². The van der Waals surface area contributed by atoms with Crippen LogP contribution in [-0.2, 0) is 9.59 Å². The molecule has 0 aromatic carbocycles. The van der Waals surface area contributed by atoms with Crippen LogP contribution in [0.5, 0.6) is 0 Å². The Labute approximate surface area is 114 Å². The first-order chi connectivity index (χ1) is 9.04. The summed E-state index contributed by atoms with van der Waals surface area (Å²) in [5.41, 5.74) is 5.76. The lowest BCUT2D eigenvalue weighted by atomic mass is 9.77. The molecule has 2 fully saturated rings. The molecule has 1 amide bonds. The maximum Gasteiger partial charge on any atom is 0.306 e. The van der Waals surface area contributed by atoms with Crippen molar-refractivity contribution in [2.24, 2.45) is 29.4 Å². The lowest BCUT2D eigenvalue weighted by Gasteiger charge is -2.44. The first kappa shape index (κ1) is 14.3. The molecular weight excluding hydrogens is 244 g/mol. The minimum Gasteiger partial charge on any atom is -0.481 e. The average Bonchev–Trinajstić information content (AvgIpc) is 2.36. The molecule has 2 rings (SSSR count). The molecule has 0 aromatic heterocycles. The van der Waals surface area contributed by atoms with Gasteiger partial charge in [-0.1, -0.05) is 19.8 Å². The number of hydrogen-bond donors (Lipinski definition) is 2. The van der Waals surface area contributed by atoms with Gasteiger partial charge in [0.2, 0.25) is 5.91 Å². The van der Waals surface area contributed by atoms with Gasteiger partial charge >= 0.3 is 5.97 Å². The molecule has 1 saturated heterocycles. The van der Waals surface area contributed by atoms with Crippen molar-refractivity contribution >= 4 is 11.9 Å². The Morgan fingerprint density at radius 2 is 1.95 bits per heavy atom. The fraction of sp³-hybridized carbons (Fsp3) is 0.857. The summed E-state index contributed by atoms with van der Waals surface area (Å²) in [7, 11) is 0. The minimum absolute atomic E-state index is 0.0693. The van der Waals surface area contributed by atoms with Gasteiger partial charge in [-0.3, -0.25) is 9.59 Å². The standard InChI is InChI=1S/C14H24N2O3/c1-9(14(18)19)11-7-16(8-11)13(17)12-5-3-2-4-10(12)6-15/h9-12H,2-8,15H2,1H3,(H,18,19). The summed E-state index contributed by atoms with van der Waals surface area (Å²) in [5, 5.41) is 8.95. The molecule has 1 saturated carbocycles. The molecular formula is C14H24N2O3. The van der Waals surface area contributed by atoms with Gasteiger partial charge in [-0.15, -0.1) is 0 Å². The van der Waals surface area contributed by atoms with Gasteiger partial charge in [-0.25, -0.2) is 0 Å². The third-order valence-corrected chi connectivity index (χ3v) is 4.85. The van der Waals surface area contributed by atoms with E-state index in [0.717, 1.165) is 19.3 Å². The highest BCUT2D eigenvalue weighted by molar-refractivity contribution is 5.80. The largest absolute Gasteiger partial charge is 0.481 e. The van der Waals surface area contributed by atoms with Crippen LogP contribution in [0, 0.1) is 23.7 Å². The number of carbonyl (C=O) groups is 2. The van der Waals surface area contributed by atoms with E-state index in [4.69, 9.17) is 10.8 Å². The fourth-order valence-corrected chi connectivity index (χ4v) is 3.26. The molecule has 3 N–H and O–H groups in total. The molecule has 0 bridgehead atoms. The van der Waals surface area contributed by atoms with E-state index in [1.54, 1.807) is 6.92 Å². The second-order valence-electron chi connectivity index (χ2n) is 6.02. The zero-order chi connectivity index (χ0) is 14.0. The van der Waals surface area contributed by atoms with Crippen LogP contribution >= 0.6 is 0 Å². The molecule has 1 aliphatic carbocycles. The van der Waals surface area contributed by atoms with Crippen LogP contribution in [0.2, 0.25) is 0 Å². The SMILES string of the molecule is CC(C(=O)O)C1CN(C(=O)C2CCCCC2CN)C1. The van der Waals surface area contributed by atoms with E-state index < -0.39 is 5.97 Å². The minimum atomic E-state index is -0.769. The zero-order valence-electron chi connectivity index (χ0n) is 11.5. The highest BCUT2D eigenvalue weighted by atomic mass is 16.4. The van der Waals surface area contributed by atoms with Crippen LogP contribution in [0.15, 0.2) is 0 Å². The average molecular weight is 268 g/mol. The van der Waals surface area contributed by atoms with Crippen molar-refractivity contribution in [1.82, 2.24) is 4.90 Å². The molecule has 19 heavy (non-hydrogen) atoms. The summed E-state index contributed by atoms with van der Waals surface area (Å²) >= 11 is 0. The van der Waals surface area contributed by atoms with Crippen LogP contribution in [0.25, 0.3) is 0 Å². The predicted molar refractivity (Wildman–Crippen MR) is 71.4 cm³/mol. The summed E-state index contributed by atoms with van der Waals surface area (Å²) in [4.78, 5) is 25.1. The van der Waals surface area contributed by atoms with E-state index >= 15 is 0 Å². The van der Waals surface area contributed by atoms with Gasteiger partial charge in [0, 0.05) is 24.9 Å². The maximum absolute atomic E-state index is 12.4. The molecule has 0 radical (unpaired) electrons. The van der Waals surface area contributed by atoms with E-state index in [2.05, 4.69) is 0 Å². The van der Waals surface area contributed by atoms with Crippen molar-refractivity contribution < 1.29 is 14.7 Å². The van der Waals surface area contributed by atoms with Crippen LogP contribution in [0.4, 0.5) is 0 Å². The van der Waals surface area contributed by atoms with E-state index in [-0.39, 0.29) is 23.7 Å². The highest BCUT2D eigenvalue weighted by Crippen LogP contribution is 2.33. The van der Waals surface area contributed by atoms with Gasteiger partial charge in [-0.05, 0) is 25.3 Å². The number of hydrogen-bond acceptors (Lipinski definition) is 3. The number of aliphatic carboxylic acids is 1. The molecule has 3 unspecified atom stereocenters. The predicted octanol–water partition coefficient (Wildman–Crippen LogP) is 0.931. The number of rotatable bonds is 4. The molecule has 5 nitrogen and oxygen atoms in total. The summed E-state index contributed by atoms with van der Waals surface area (Å²) < 4.78 is 0. The molecule has 3 atom stereocenters. The molecule has 0 aromatic rings. The van der Waals surface area contributed by atoms with Crippen molar-refractivity contribution in [2.75, 3.05) is 19.6 Å². The van der Waals surface area contributed by atoms with Crippen molar-refractivity contribution in [3.8, 4) is 0 Å². The number of amides is 1. The van der Waals surface area contributed by atoms with Crippen LogP contribution in [0.1, 0.15) is 32.6 Å². The molecule has 0 spiro atoms. The van der Waals surface area contributed by atoms with Crippen molar-refractivity contribution in [2.45, 2.75) is 32.6 Å². The van der Waals surface area contributed by atoms with E-state index in [1.165, 1.54) is 6.42 Å². The van der Waals surface area contributed by atoms with Gasteiger partial charge in [0.05, 0.1) is 5.92 Å². The van der Waals surface area contributed by atoms with Gasteiger partial charge in [-0.2, -0.15) is 0 Å². The number of carboxylic acids is 1. The Morgan fingerprint density at radius 1 is 1.32 bits per heavy atom. The van der Waals surface area contributed by atoms with Gasteiger partial charge in [0.25, 0.3) is 0 Å². The van der Waals surface area contributed by atoms with E-state index in [0.29, 0.717) is 25.6 Å². The summed E-state index contributed by atoms with van der Waals surface area (Å²) in [6.45, 7) is 3.50. The summed E-state index contributed by atoms with van der Waals surface area (Å²) in [6, 6.07) is 0. The quantitative estimate of drug-likeness (QED) is 0.794. The van der Waals surface area contributed by atoms with Crippen LogP contribution in [-0.4, -0.2) is 41.5 Å². The number of likely N-dealkylation sites (tertiary alicyclic amines) is 1. The molecule has 108 valence electrons. The first-order valence-electron chi connectivity index (χ1n) is 7.26. The second kappa shape index (κ2) is 5.90. The van der Waals surface area contributed by atoms with Crippen molar-refractivity contribution in [3.63, 3.8) is 0 Å². The van der Waals surface area contributed by atoms with Gasteiger partial charge < -0.3 is 15.7 Å². The van der Waals surface area contributed by atoms with Crippen molar-refractivity contribution in [1.29, 1.82) is 0 Å². The molecule has 2 aliphatic rings. The van der Waals surface area contributed by atoms with E-state index in [9.17, 15) is 9.59 Å². The molecule has 1 aliphatic heterocycles. The first-order valence-corrected chi connectivity index (χ1v) is 7.26. The van der Waals surface area contributed by atoms with Gasteiger partial charge in [0.15, 0.2) is 0 Å². The Balaban J connectivity index is 1.87. The number of nitrogens with zero attached hydrogens (tertiary/aromatic N) is 1. The van der Waals surface area contributed by atoms with Crippen LogP contribution in [0.3, 0.4) is 0 Å². The third-order valence-electron chi connectivity index (χ3n) is 4.85. The number of carboxylic acid groups (broad SMARTS) is 1. The molecule has 1 heterocycles. The van der Waals surface area contributed by atoms with Gasteiger partial charge in [0.1, 0.15) is 0 Å². The lowest BCUT2D eigenvalue weighted by Crippen LogP contribution is -2.56. The maximum atomic E-state index is 12.4. The summed E-state index contributed by atoms with van der Waals surface area (Å²) in [6.07, 6.45) is 4.27. The number of carbonyl (C=O) groups excluding carboxylic acids is 1. The van der Waals surface area contributed by atoms with Crippen molar-refractivity contribution in [3.05, 3.63) is 0 Å². The Hall–Kier alpha value is -1.10. The zero-order valence-corrected chi connectivity index (χ0v) is 11.5. The summed E-state index contributed by atoms with van der Waals surface area (Å²) in [5.74, 6) is -0.433. The highest BCUT2D eigenvalue weighted by Gasteiger charge is 2.41. The second-order valence-corrected chi connectivity index (χ2v) is 6.02. The Kier molecular flexibility index (Phi) is 4.45. The lowest BCUT2D eigenvalue weighted by molar-refractivity contribution is -0.153. The normalized spacial score (nSPS) is 29.7. The Bertz CT molecular complexity index is 353. The molecule has 5 heteroatoms. The van der Waals surface area contributed by atoms with E-state index in [1.807, 2.05) is 4.90 Å². The smallest absolute Gasteiger partial charge is 0.306 e. The monoisotopic (exact) mass is 268 g/mol. The number of nitrogens with two attached hydrogens (primary N) is 1. The topological polar surface area (TPSA) is 83.6 Å². The Morgan fingerprint density at radius 3 is 2.53 bits per heavy atom. The third kappa shape index (κ3) is 2.91.